The molecule has 0 aliphatic heterocycles. The number of hydrogen-bond donors (Lipinski definition) is 1. The molecule has 13 heavy (non-hydrogen) atoms. The van der Waals surface area contributed by atoms with E-state index in [4.69, 9.17) is 10.5 Å². The third-order valence-corrected chi connectivity index (χ3v) is 1.86. The monoisotopic (exact) mass is 178 g/mol. The van der Waals surface area contributed by atoms with Gasteiger partial charge in [-0.05, 0) is 6.07 Å². The summed E-state index contributed by atoms with van der Waals surface area (Å²) in [4.78, 5) is 4.14. The molecule has 2 aromatic heterocycles. The number of methoxy groups -OCH3 is 1. The standard InChI is InChI=1S/C8H10N4O/c1-12-7-6(8(11-12)13-2)3-5(9)4-10-7/h3-4H,9H2,1-2H3. The fourth-order valence-electron chi connectivity index (χ4n) is 1.28. The summed E-state index contributed by atoms with van der Waals surface area (Å²) in [5.41, 5.74) is 6.98. The topological polar surface area (TPSA) is 66.0 Å². The second-order valence-electron chi connectivity index (χ2n) is 2.77. The van der Waals surface area contributed by atoms with Crippen LogP contribution in [0.1, 0.15) is 0 Å². The molecule has 0 saturated heterocycles. The van der Waals surface area contributed by atoms with Crippen LogP contribution in [0.3, 0.4) is 0 Å². The highest BCUT2D eigenvalue weighted by Gasteiger charge is 2.09. The molecule has 0 atom stereocenters. The Morgan fingerprint density at radius 1 is 1.54 bits per heavy atom. The zero-order valence-electron chi connectivity index (χ0n) is 7.48. The van der Waals surface area contributed by atoms with Crippen molar-refractivity contribution < 1.29 is 4.74 Å². The molecule has 5 heteroatoms. The molecule has 0 aliphatic rings. The Balaban J connectivity index is 2.81. The summed E-state index contributed by atoms with van der Waals surface area (Å²) in [5, 5.41) is 4.96. The largest absolute Gasteiger partial charge is 0.479 e. The summed E-state index contributed by atoms with van der Waals surface area (Å²) in [6.07, 6.45) is 1.60. The number of nitrogens with zero attached hydrogens (tertiary/aromatic N) is 3. The zero-order chi connectivity index (χ0) is 9.42. The molecule has 0 unspecified atom stereocenters. The highest BCUT2D eigenvalue weighted by molar-refractivity contribution is 5.83. The minimum absolute atomic E-state index is 0.553. The van der Waals surface area contributed by atoms with Gasteiger partial charge in [0.25, 0.3) is 0 Å². The highest BCUT2D eigenvalue weighted by Crippen LogP contribution is 2.23. The number of aryl methyl sites for hydroxylation is 1. The number of nitrogens with two attached hydrogens (primary N) is 1. The summed E-state index contributed by atoms with van der Waals surface area (Å²) in [7, 11) is 3.39. The van der Waals surface area contributed by atoms with Crippen LogP contribution >= 0.6 is 0 Å². The molecule has 0 radical (unpaired) electrons. The van der Waals surface area contributed by atoms with Crippen LogP contribution in [0.4, 0.5) is 5.69 Å². The number of fused-ring (bicyclic) bond motifs is 1. The lowest BCUT2D eigenvalue weighted by Gasteiger charge is -1.94. The van der Waals surface area contributed by atoms with Crippen LogP contribution < -0.4 is 10.5 Å². The smallest absolute Gasteiger partial charge is 0.242 e. The summed E-state index contributed by atoms with van der Waals surface area (Å²) >= 11 is 0. The van der Waals surface area contributed by atoms with Crippen molar-refractivity contribution in [3.63, 3.8) is 0 Å². The van der Waals surface area contributed by atoms with Crippen LogP contribution in [0.5, 0.6) is 5.88 Å². The molecule has 0 amide bonds. The van der Waals surface area contributed by atoms with Crippen LogP contribution in [-0.4, -0.2) is 21.9 Å². The van der Waals surface area contributed by atoms with E-state index in [9.17, 15) is 0 Å². The third kappa shape index (κ3) is 1.09. The SMILES string of the molecule is COc1nn(C)c2ncc(N)cc12. The first-order valence-electron chi connectivity index (χ1n) is 3.84. The van der Waals surface area contributed by atoms with Crippen LogP contribution in [0.25, 0.3) is 11.0 Å². The first-order valence-corrected chi connectivity index (χ1v) is 3.84. The lowest BCUT2D eigenvalue weighted by molar-refractivity contribution is 0.396. The van der Waals surface area contributed by atoms with E-state index in [1.165, 1.54) is 0 Å². The molecule has 5 nitrogen and oxygen atoms in total. The van der Waals surface area contributed by atoms with Crippen molar-refractivity contribution in [3.05, 3.63) is 12.3 Å². The summed E-state index contributed by atoms with van der Waals surface area (Å²) in [6, 6.07) is 1.80. The minimum atomic E-state index is 0.553. The van der Waals surface area contributed by atoms with Gasteiger partial charge in [0, 0.05) is 7.05 Å². The maximum atomic E-state index is 5.60. The van der Waals surface area contributed by atoms with Crippen molar-refractivity contribution in [2.24, 2.45) is 7.05 Å². The molecule has 0 aromatic carbocycles. The highest BCUT2D eigenvalue weighted by atomic mass is 16.5. The predicted molar refractivity (Wildman–Crippen MR) is 49.5 cm³/mol. The van der Waals surface area contributed by atoms with E-state index in [2.05, 4.69) is 10.1 Å². The maximum absolute atomic E-state index is 5.60. The van der Waals surface area contributed by atoms with Gasteiger partial charge < -0.3 is 10.5 Å². The Hall–Kier alpha value is -1.78. The van der Waals surface area contributed by atoms with Gasteiger partial charge in [-0.2, -0.15) is 0 Å². The molecule has 0 aliphatic carbocycles. The minimum Gasteiger partial charge on any atom is -0.479 e. The van der Waals surface area contributed by atoms with Gasteiger partial charge in [-0.1, -0.05) is 0 Å². The van der Waals surface area contributed by atoms with Crippen molar-refractivity contribution in [1.29, 1.82) is 0 Å². The predicted octanol–water partition coefficient (Wildman–Crippen LogP) is 0.559. The third-order valence-electron chi connectivity index (χ3n) is 1.86. The molecule has 2 aromatic rings. The second-order valence-corrected chi connectivity index (χ2v) is 2.77. The first-order chi connectivity index (χ1) is 6.22. The van der Waals surface area contributed by atoms with Crippen LogP contribution in [-0.2, 0) is 7.05 Å². The van der Waals surface area contributed by atoms with Gasteiger partial charge in [-0.15, -0.1) is 5.10 Å². The van der Waals surface area contributed by atoms with Gasteiger partial charge in [-0.25, -0.2) is 9.67 Å². The van der Waals surface area contributed by atoms with Crippen LogP contribution in [0, 0.1) is 0 Å². The summed E-state index contributed by atoms with van der Waals surface area (Å²) < 4.78 is 6.74. The maximum Gasteiger partial charge on any atom is 0.242 e. The molecular weight excluding hydrogens is 168 g/mol. The summed E-state index contributed by atoms with van der Waals surface area (Å²) in [5.74, 6) is 0.553. The Kier molecular flexibility index (Phi) is 1.58. The number of rotatable bonds is 1. The van der Waals surface area contributed by atoms with Gasteiger partial charge in [0.15, 0.2) is 5.65 Å². The van der Waals surface area contributed by atoms with Crippen molar-refractivity contribution in [2.75, 3.05) is 12.8 Å². The van der Waals surface area contributed by atoms with Crippen LogP contribution in [0.2, 0.25) is 0 Å². The fourth-order valence-corrected chi connectivity index (χ4v) is 1.28. The molecule has 0 bridgehead atoms. The van der Waals surface area contributed by atoms with Crippen molar-refractivity contribution >= 4 is 16.7 Å². The molecule has 2 N–H and O–H groups in total. The van der Waals surface area contributed by atoms with E-state index in [1.54, 1.807) is 24.1 Å². The molecule has 0 saturated carbocycles. The Morgan fingerprint density at radius 3 is 3.00 bits per heavy atom. The van der Waals surface area contributed by atoms with E-state index in [-0.39, 0.29) is 0 Å². The quantitative estimate of drug-likeness (QED) is 0.692. The lowest BCUT2D eigenvalue weighted by atomic mass is 10.3. The molecule has 2 heterocycles. The van der Waals surface area contributed by atoms with Crippen molar-refractivity contribution in [1.82, 2.24) is 14.8 Å². The van der Waals surface area contributed by atoms with E-state index < -0.39 is 0 Å². The van der Waals surface area contributed by atoms with Gasteiger partial charge in [0.05, 0.1) is 24.4 Å². The number of aromatic nitrogens is 3. The first kappa shape index (κ1) is 7.85. The molecule has 68 valence electrons. The van der Waals surface area contributed by atoms with E-state index >= 15 is 0 Å². The lowest BCUT2D eigenvalue weighted by Crippen LogP contribution is -1.92. The Bertz CT molecular complexity index is 449. The number of anilines is 1. The van der Waals surface area contributed by atoms with E-state index in [0.717, 1.165) is 11.0 Å². The Labute approximate surface area is 75.1 Å². The van der Waals surface area contributed by atoms with E-state index in [1.807, 2.05) is 7.05 Å². The van der Waals surface area contributed by atoms with Gasteiger partial charge in [0.2, 0.25) is 5.88 Å². The number of nitrogen functional groups attached to an aromatic ring is 1. The zero-order valence-corrected chi connectivity index (χ0v) is 7.48. The van der Waals surface area contributed by atoms with Gasteiger partial charge in [-0.3, -0.25) is 0 Å². The number of ether oxygens (including phenoxy) is 1. The van der Waals surface area contributed by atoms with Crippen molar-refractivity contribution in [3.8, 4) is 5.88 Å². The van der Waals surface area contributed by atoms with Gasteiger partial charge >= 0.3 is 0 Å². The molecule has 0 fully saturated rings. The Morgan fingerprint density at radius 2 is 2.31 bits per heavy atom. The van der Waals surface area contributed by atoms with E-state index in [0.29, 0.717) is 11.6 Å². The van der Waals surface area contributed by atoms with Gasteiger partial charge in [0.1, 0.15) is 0 Å². The average Bonchev–Trinajstić information content (AvgIpc) is 2.42. The average molecular weight is 178 g/mol. The normalized spacial score (nSPS) is 10.6. The molecule has 2 rings (SSSR count). The van der Waals surface area contributed by atoms with Crippen LogP contribution in [0.15, 0.2) is 12.3 Å². The molecular formula is C8H10N4O. The number of hydrogen-bond acceptors (Lipinski definition) is 4. The van der Waals surface area contributed by atoms with Crippen molar-refractivity contribution in [2.45, 2.75) is 0 Å². The number of pyridine rings is 1. The fraction of sp³-hybridized carbons (Fsp3) is 0.250. The molecule has 0 spiro atoms. The second kappa shape index (κ2) is 2.62. The summed E-state index contributed by atoms with van der Waals surface area (Å²) in [6.45, 7) is 0.